The zero-order chi connectivity index (χ0) is 15.3. The summed E-state index contributed by atoms with van der Waals surface area (Å²) in [5.41, 5.74) is -5.14. The minimum absolute atomic E-state index is 0.0704. The van der Waals surface area contributed by atoms with Gasteiger partial charge in [0.05, 0.1) is 24.3 Å². The summed E-state index contributed by atoms with van der Waals surface area (Å²) in [6.07, 6.45) is 0. The van der Waals surface area contributed by atoms with Crippen molar-refractivity contribution in [2.75, 3.05) is 6.61 Å². The molecule has 1 aromatic rings. The Morgan fingerprint density at radius 1 is 1.50 bits per heavy atom. The number of nitrogens with zero attached hydrogens (tertiary/aromatic N) is 1. The van der Waals surface area contributed by atoms with Crippen molar-refractivity contribution in [1.29, 1.82) is 5.26 Å². The summed E-state index contributed by atoms with van der Waals surface area (Å²) in [5.74, 6) is -0.762. The lowest BCUT2D eigenvalue weighted by Crippen LogP contribution is -2.08. The fourth-order valence-electron chi connectivity index (χ4n) is 1.46. The number of aliphatic hydroxyl groups is 1. The van der Waals surface area contributed by atoms with Crippen LogP contribution >= 0.6 is 11.8 Å². The molecule has 0 aliphatic carbocycles. The third kappa shape index (κ3) is 4.15. The summed E-state index contributed by atoms with van der Waals surface area (Å²) >= 11 is -0.498. The molecule has 0 saturated carbocycles. The Hall–Kier alpha value is -1.72. The number of alkyl halides is 3. The minimum Gasteiger partial charge on any atom is -0.462 e. The second-order valence-electron chi connectivity index (χ2n) is 3.55. The third-order valence-electron chi connectivity index (χ3n) is 2.19. The molecule has 0 atom stereocenters. The van der Waals surface area contributed by atoms with E-state index in [1.807, 2.05) is 0 Å². The minimum atomic E-state index is -4.60. The number of nitriles is 1. The molecule has 4 nitrogen and oxygen atoms in total. The van der Waals surface area contributed by atoms with Crippen molar-refractivity contribution in [3.8, 4) is 6.07 Å². The van der Waals surface area contributed by atoms with Crippen LogP contribution in [0.1, 0.15) is 28.4 Å². The lowest BCUT2D eigenvalue weighted by Gasteiger charge is -2.13. The first-order valence-corrected chi connectivity index (χ1v) is 6.24. The Morgan fingerprint density at radius 3 is 2.60 bits per heavy atom. The molecule has 1 aromatic carbocycles. The van der Waals surface area contributed by atoms with Gasteiger partial charge < -0.3 is 9.84 Å². The Kier molecular flexibility index (Phi) is 5.42. The van der Waals surface area contributed by atoms with Crippen LogP contribution in [0.15, 0.2) is 17.0 Å². The molecule has 0 fully saturated rings. The van der Waals surface area contributed by atoms with Gasteiger partial charge in [-0.2, -0.15) is 18.4 Å². The van der Waals surface area contributed by atoms with Gasteiger partial charge >= 0.3 is 11.5 Å². The number of benzene rings is 1. The van der Waals surface area contributed by atoms with Gasteiger partial charge in [-0.05, 0) is 36.4 Å². The molecule has 1 rings (SSSR count). The van der Waals surface area contributed by atoms with Crippen molar-refractivity contribution in [2.24, 2.45) is 0 Å². The fourth-order valence-corrected chi connectivity index (χ4v) is 2.16. The Balaban J connectivity index is 3.33. The number of esters is 1. The molecule has 1 N–H and O–H groups in total. The van der Waals surface area contributed by atoms with Crippen molar-refractivity contribution in [2.45, 2.75) is 23.9 Å². The fraction of sp³-hybridized carbons (Fsp3) is 0.333. The molecule has 0 radical (unpaired) electrons. The van der Waals surface area contributed by atoms with E-state index < -0.39 is 34.7 Å². The lowest BCUT2D eigenvalue weighted by molar-refractivity contribution is -0.0328. The van der Waals surface area contributed by atoms with E-state index in [0.717, 1.165) is 12.1 Å². The van der Waals surface area contributed by atoms with Crippen molar-refractivity contribution < 1.29 is 27.8 Å². The molecule has 108 valence electrons. The monoisotopic (exact) mass is 305 g/mol. The zero-order valence-electron chi connectivity index (χ0n) is 10.3. The number of aliphatic hydroxyl groups excluding tert-OH is 1. The first-order chi connectivity index (χ1) is 9.32. The van der Waals surface area contributed by atoms with Gasteiger partial charge in [0.2, 0.25) is 0 Å². The van der Waals surface area contributed by atoms with Crippen molar-refractivity contribution >= 4 is 17.7 Å². The van der Waals surface area contributed by atoms with Crippen molar-refractivity contribution in [3.63, 3.8) is 0 Å². The molecule has 0 aliphatic rings. The van der Waals surface area contributed by atoms with E-state index in [1.54, 1.807) is 13.0 Å². The number of hydrogen-bond donors (Lipinski definition) is 1. The molecule has 0 saturated heterocycles. The van der Waals surface area contributed by atoms with Crippen LogP contribution in [-0.2, 0) is 11.3 Å². The summed E-state index contributed by atoms with van der Waals surface area (Å²) < 4.78 is 42.0. The molecular formula is C12H10F3NO3S. The van der Waals surface area contributed by atoms with Crippen LogP contribution < -0.4 is 0 Å². The Bertz CT molecular complexity index is 552. The summed E-state index contributed by atoms with van der Waals surface area (Å²) in [6.45, 7) is 0.943. The smallest absolute Gasteiger partial charge is 0.446 e. The van der Waals surface area contributed by atoms with Crippen LogP contribution in [-0.4, -0.2) is 23.2 Å². The number of hydrogen-bond acceptors (Lipinski definition) is 5. The van der Waals surface area contributed by atoms with Gasteiger partial charge in [0.1, 0.15) is 6.07 Å². The SMILES string of the molecule is CCOC(=O)c1cc(C#N)c(SC(F)(F)F)c(CO)c1. The van der Waals surface area contributed by atoms with E-state index in [9.17, 15) is 18.0 Å². The van der Waals surface area contributed by atoms with E-state index in [0.29, 0.717) is 0 Å². The van der Waals surface area contributed by atoms with Gasteiger partial charge in [-0.3, -0.25) is 0 Å². The predicted octanol–water partition coefficient (Wildman–Crippen LogP) is 2.84. The topological polar surface area (TPSA) is 70.3 Å². The van der Waals surface area contributed by atoms with Gasteiger partial charge in [-0.15, -0.1) is 0 Å². The van der Waals surface area contributed by atoms with Crippen LogP contribution in [0.2, 0.25) is 0 Å². The average Bonchev–Trinajstić information content (AvgIpc) is 2.37. The lowest BCUT2D eigenvalue weighted by atomic mass is 10.1. The Morgan fingerprint density at radius 2 is 2.15 bits per heavy atom. The average molecular weight is 305 g/mol. The molecule has 0 aliphatic heterocycles. The number of halogens is 3. The first kappa shape index (κ1) is 16.3. The molecule has 8 heteroatoms. The summed E-state index contributed by atoms with van der Waals surface area (Å²) in [6, 6.07) is 3.70. The first-order valence-electron chi connectivity index (χ1n) is 5.43. The molecule has 20 heavy (non-hydrogen) atoms. The summed E-state index contributed by atoms with van der Waals surface area (Å²) in [7, 11) is 0. The van der Waals surface area contributed by atoms with Crippen molar-refractivity contribution in [1.82, 2.24) is 0 Å². The van der Waals surface area contributed by atoms with E-state index in [4.69, 9.17) is 15.1 Å². The third-order valence-corrected chi connectivity index (χ3v) is 3.10. The number of rotatable bonds is 4. The zero-order valence-corrected chi connectivity index (χ0v) is 11.1. The van der Waals surface area contributed by atoms with Gasteiger partial charge in [0, 0.05) is 4.90 Å². The highest BCUT2D eigenvalue weighted by atomic mass is 32.2. The molecular weight excluding hydrogens is 295 g/mol. The van der Waals surface area contributed by atoms with Crippen LogP contribution in [0.5, 0.6) is 0 Å². The second kappa shape index (κ2) is 6.63. The van der Waals surface area contributed by atoms with Crippen LogP contribution in [0.3, 0.4) is 0 Å². The van der Waals surface area contributed by atoms with E-state index >= 15 is 0 Å². The summed E-state index contributed by atoms with van der Waals surface area (Å²) in [4.78, 5) is 11.1. The van der Waals surface area contributed by atoms with Gasteiger partial charge in [-0.25, -0.2) is 4.79 Å². The number of ether oxygens (including phenoxy) is 1. The highest BCUT2D eigenvalue weighted by Crippen LogP contribution is 2.40. The highest BCUT2D eigenvalue weighted by Gasteiger charge is 2.32. The largest absolute Gasteiger partial charge is 0.462 e. The number of thioether (sulfide) groups is 1. The summed E-state index contributed by atoms with van der Waals surface area (Å²) in [5, 5.41) is 18.0. The number of carbonyl (C=O) groups is 1. The standard InChI is InChI=1S/C12H10F3NO3S/c1-2-19-11(18)7-3-8(5-16)10(9(4-7)6-17)20-12(13,14)15/h3-4,17H,2,6H2,1H3. The van der Waals surface area contributed by atoms with Gasteiger partial charge in [-0.1, -0.05) is 0 Å². The Labute approximate surface area is 117 Å². The maximum absolute atomic E-state index is 12.4. The molecule has 0 aromatic heterocycles. The molecule has 0 spiro atoms. The highest BCUT2D eigenvalue weighted by molar-refractivity contribution is 8.00. The van der Waals surface area contributed by atoms with Crippen molar-refractivity contribution in [3.05, 3.63) is 28.8 Å². The maximum atomic E-state index is 12.4. The van der Waals surface area contributed by atoms with Gasteiger partial charge in [0.25, 0.3) is 0 Å². The normalized spacial score (nSPS) is 11.0. The molecule has 0 unspecified atom stereocenters. The maximum Gasteiger partial charge on any atom is 0.446 e. The second-order valence-corrected chi connectivity index (χ2v) is 4.63. The van der Waals surface area contributed by atoms with Crippen LogP contribution in [0.25, 0.3) is 0 Å². The van der Waals surface area contributed by atoms with Gasteiger partial charge in [0.15, 0.2) is 0 Å². The van der Waals surface area contributed by atoms with Crippen LogP contribution in [0, 0.1) is 11.3 Å². The quantitative estimate of drug-likeness (QED) is 0.684. The van der Waals surface area contributed by atoms with E-state index in [2.05, 4.69) is 0 Å². The molecule has 0 bridgehead atoms. The number of carbonyl (C=O) groups excluding carboxylic acids is 1. The molecule has 0 amide bonds. The van der Waals surface area contributed by atoms with E-state index in [-0.39, 0.29) is 23.3 Å². The van der Waals surface area contributed by atoms with Crippen LogP contribution in [0.4, 0.5) is 13.2 Å². The predicted molar refractivity (Wildman–Crippen MR) is 64.9 cm³/mol. The molecule has 0 heterocycles. The van der Waals surface area contributed by atoms with E-state index in [1.165, 1.54) is 0 Å².